The zero-order valence-electron chi connectivity index (χ0n) is 11.8. The molecule has 1 amide bonds. The van der Waals surface area contributed by atoms with Gasteiger partial charge in [-0.2, -0.15) is 0 Å². The second-order valence-electron chi connectivity index (χ2n) is 5.45. The summed E-state index contributed by atoms with van der Waals surface area (Å²) in [5.41, 5.74) is 0.269. The van der Waals surface area contributed by atoms with Crippen molar-refractivity contribution >= 4 is 33.5 Å². The molecule has 0 aliphatic rings. The van der Waals surface area contributed by atoms with Crippen molar-refractivity contribution in [3.05, 3.63) is 28.7 Å². The Bertz CT molecular complexity index is 497. The molecule has 0 unspecified atom stereocenters. The molecule has 0 atom stereocenters. The summed E-state index contributed by atoms with van der Waals surface area (Å²) in [6.07, 6.45) is 0. The van der Waals surface area contributed by atoms with E-state index in [0.717, 1.165) is 4.47 Å². The van der Waals surface area contributed by atoms with E-state index in [-0.39, 0.29) is 19.0 Å². The molecule has 2 N–H and O–H groups in total. The average Bonchev–Trinajstić information content (AvgIpc) is 2.29. The number of carbonyl (C=O) groups is 2. The van der Waals surface area contributed by atoms with Gasteiger partial charge in [-0.3, -0.25) is 14.5 Å². The number of aliphatic carboxylic acids is 1. The van der Waals surface area contributed by atoms with Crippen molar-refractivity contribution in [2.75, 3.05) is 18.4 Å². The van der Waals surface area contributed by atoms with Gasteiger partial charge >= 0.3 is 5.97 Å². The second kappa shape index (κ2) is 6.85. The first-order valence-corrected chi connectivity index (χ1v) is 7.00. The van der Waals surface area contributed by atoms with Crippen molar-refractivity contribution in [3.63, 3.8) is 0 Å². The highest BCUT2D eigenvalue weighted by Crippen LogP contribution is 2.21. The highest BCUT2D eigenvalue weighted by molar-refractivity contribution is 9.10. The molecule has 110 valence electrons. The van der Waals surface area contributed by atoms with Crippen molar-refractivity contribution in [1.82, 2.24) is 4.90 Å². The standard InChI is InChI=1S/C14H19BrN2O3/c1-14(2,3)17(9-13(19)20)8-12(18)16-11-7-5-4-6-10(11)15/h4-7H,8-9H2,1-3H3,(H,16,18)(H,19,20). The summed E-state index contributed by atoms with van der Waals surface area (Å²) in [6.45, 7) is 5.48. The molecule has 0 fully saturated rings. The molecule has 6 heteroatoms. The summed E-state index contributed by atoms with van der Waals surface area (Å²) in [6, 6.07) is 7.28. The molecule has 20 heavy (non-hydrogen) atoms. The highest BCUT2D eigenvalue weighted by atomic mass is 79.9. The first-order valence-electron chi connectivity index (χ1n) is 6.21. The third-order valence-corrected chi connectivity index (χ3v) is 3.45. The molecule has 1 rings (SSSR count). The summed E-state index contributed by atoms with van der Waals surface area (Å²) in [4.78, 5) is 24.5. The Morgan fingerprint density at radius 3 is 2.35 bits per heavy atom. The summed E-state index contributed by atoms with van der Waals surface area (Å²) in [5.74, 6) is -1.19. The van der Waals surface area contributed by atoms with Gasteiger partial charge in [-0.1, -0.05) is 12.1 Å². The van der Waals surface area contributed by atoms with E-state index in [1.165, 1.54) is 0 Å². The van der Waals surface area contributed by atoms with E-state index in [1.807, 2.05) is 39.0 Å². The fourth-order valence-electron chi connectivity index (χ4n) is 1.62. The van der Waals surface area contributed by atoms with Gasteiger partial charge in [-0.15, -0.1) is 0 Å². The van der Waals surface area contributed by atoms with Crippen LogP contribution in [0.5, 0.6) is 0 Å². The van der Waals surface area contributed by atoms with E-state index < -0.39 is 11.5 Å². The van der Waals surface area contributed by atoms with Crippen molar-refractivity contribution < 1.29 is 14.7 Å². The molecule has 0 saturated carbocycles. The number of hydrogen-bond donors (Lipinski definition) is 2. The predicted molar refractivity (Wildman–Crippen MR) is 81.7 cm³/mol. The van der Waals surface area contributed by atoms with Gasteiger partial charge in [-0.25, -0.2) is 0 Å². The van der Waals surface area contributed by atoms with E-state index in [2.05, 4.69) is 21.2 Å². The zero-order chi connectivity index (χ0) is 15.3. The minimum Gasteiger partial charge on any atom is -0.480 e. The number of halogens is 1. The highest BCUT2D eigenvalue weighted by Gasteiger charge is 2.25. The number of benzene rings is 1. The van der Waals surface area contributed by atoms with Gasteiger partial charge in [0.1, 0.15) is 0 Å². The molecule has 1 aromatic rings. The Labute approximate surface area is 127 Å². The molecule has 0 radical (unpaired) electrons. The first kappa shape index (κ1) is 16.7. The summed E-state index contributed by atoms with van der Waals surface area (Å²) in [5, 5.41) is 11.7. The maximum atomic E-state index is 12.0. The Kier molecular flexibility index (Phi) is 5.71. The second-order valence-corrected chi connectivity index (χ2v) is 6.30. The number of amides is 1. The summed E-state index contributed by atoms with van der Waals surface area (Å²) >= 11 is 3.35. The van der Waals surface area contributed by atoms with Gasteiger partial charge < -0.3 is 10.4 Å². The van der Waals surface area contributed by atoms with E-state index in [1.54, 1.807) is 11.0 Å². The molecule has 0 aliphatic carbocycles. The van der Waals surface area contributed by atoms with Crippen LogP contribution in [0.25, 0.3) is 0 Å². The number of anilines is 1. The lowest BCUT2D eigenvalue weighted by atomic mass is 10.1. The Morgan fingerprint density at radius 2 is 1.85 bits per heavy atom. The largest absolute Gasteiger partial charge is 0.480 e. The summed E-state index contributed by atoms with van der Waals surface area (Å²) < 4.78 is 0.786. The van der Waals surface area contributed by atoms with E-state index in [9.17, 15) is 9.59 Å². The summed E-state index contributed by atoms with van der Waals surface area (Å²) in [7, 11) is 0. The van der Waals surface area contributed by atoms with Crippen LogP contribution in [0.3, 0.4) is 0 Å². The lowest BCUT2D eigenvalue weighted by Gasteiger charge is -2.33. The Hall–Kier alpha value is -1.40. The van der Waals surface area contributed by atoms with Crippen LogP contribution in [-0.2, 0) is 9.59 Å². The number of nitrogens with one attached hydrogen (secondary N) is 1. The van der Waals surface area contributed by atoms with Crippen LogP contribution in [0, 0.1) is 0 Å². The van der Waals surface area contributed by atoms with Crippen LogP contribution in [0.4, 0.5) is 5.69 Å². The van der Waals surface area contributed by atoms with Gasteiger partial charge in [0.15, 0.2) is 0 Å². The molecule has 1 aromatic carbocycles. The average molecular weight is 343 g/mol. The van der Waals surface area contributed by atoms with Gasteiger partial charge in [0, 0.05) is 10.0 Å². The van der Waals surface area contributed by atoms with Crippen LogP contribution >= 0.6 is 15.9 Å². The quantitative estimate of drug-likeness (QED) is 0.862. The zero-order valence-corrected chi connectivity index (χ0v) is 13.4. The molecule has 0 aliphatic heterocycles. The smallest absolute Gasteiger partial charge is 0.317 e. The van der Waals surface area contributed by atoms with Crippen molar-refractivity contribution in [3.8, 4) is 0 Å². The molecule has 0 aromatic heterocycles. The van der Waals surface area contributed by atoms with Crippen LogP contribution in [0.1, 0.15) is 20.8 Å². The minimum absolute atomic E-state index is 0.0249. The number of carboxylic acids is 1. The predicted octanol–water partition coefficient (Wildman–Crippen LogP) is 2.57. The molecule has 0 heterocycles. The third-order valence-electron chi connectivity index (χ3n) is 2.76. The van der Waals surface area contributed by atoms with Crippen molar-refractivity contribution in [2.45, 2.75) is 26.3 Å². The SMILES string of the molecule is CC(C)(C)N(CC(=O)O)CC(=O)Nc1ccccc1Br. The number of para-hydroxylation sites is 1. The first-order chi connectivity index (χ1) is 9.20. The van der Waals surface area contributed by atoms with E-state index in [4.69, 9.17) is 5.11 Å². The number of rotatable bonds is 5. The monoisotopic (exact) mass is 342 g/mol. The molecular weight excluding hydrogens is 324 g/mol. The fraction of sp³-hybridized carbons (Fsp3) is 0.429. The number of carboxylic acid groups (broad SMARTS) is 1. The minimum atomic E-state index is -0.950. The Morgan fingerprint density at radius 1 is 1.25 bits per heavy atom. The lowest BCUT2D eigenvalue weighted by molar-refractivity contribution is -0.140. The Balaban J connectivity index is 2.72. The van der Waals surface area contributed by atoms with Crippen molar-refractivity contribution in [2.24, 2.45) is 0 Å². The van der Waals surface area contributed by atoms with Gasteiger partial charge in [0.05, 0.1) is 18.8 Å². The maximum absolute atomic E-state index is 12.0. The van der Waals surface area contributed by atoms with Gasteiger partial charge in [0.2, 0.25) is 5.91 Å². The van der Waals surface area contributed by atoms with Crippen LogP contribution in [0.2, 0.25) is 0 Å². The van der Waals surface area contributed by atoms with E-state index in [0.29, 0.717) is 5.69 Å². The molecular formula is C14H19BrN2O3. The molecule has 0 saturated heterocycles. The van der Waals surface area contributed by atoms with Crippen molar-refractivity contribution in [1.29, 1.82) is 0 Å². The fourth-order valence-corrected chi connectivity index (χ4v) is 2.00. The van der Waals surface area contributed by atoms with Gasteiger partial charge in [0.25, 0.3) is 0 Å². The third kappa shape index (κ3) is 5.30. The van der Waals surface area contributed by atoms with Gasteiger partial charge in [-0.05, 0) is 48.8 Å². The molecule has 0 spiro atoms. The number of carbonyl (C=O) groups excluding carboxylic acids is 1. The normalized spacial score (nSPS) is 11.4. The van der Waals surface area contributed by atoms with Crippen LogP contribution in [-0.4, -0.2) is 40.5 Å². The molecule has 0 bridgehead atoms. The lowest BCUT2D eigenvalue weighted by Crippen LogP contribution is -2.48. The number of hydrogen-bond acceptors (Lipinski definition) is 3. The van der Waals surface area contributed by atoms with Crippen LogP contribution < -0.4 is 5.32 Å². The van der Waals surface area contributed by atoms with Crippen LogP contribution in [0.15, 0.2) is 28.7 Å². The maximum Gasteiger partial charge on any atom is 0.317 e. The van der Waals surface area contributed by atoms with E-state index >= 15 is 0 Å². The topological polar surface area (TPSA) is 69.6 Å². The number of nitrogens with zero attached hydrogens (tertiary/aromatic N) is 1. The molecule has 5 nitrogen and oxygen atoms in total.